The Balaban J connectivity index is 3.29. The van der Waals surface area contributed by atoms with Crippen LogP contribution in [-0.4, -0.2) is 12.6 Å². The van der Waals surface area contributed by atoms with Gasteiger partial charge in [0.25, 0.3) is 0 Å². The summed E-state index contributed by atoms with van der Waals surface area (Å²) in [6, 6.07) is 0. The minimum atomic E-state index is -0.0557. The Kier molecular flexibility index (Phi) is 14.2. The number of esters is 1. The fourth-order valence-electron chi connectivity index (χ4n) is 1.69. The first kappa shape index (κ1) is 17.9. The number of ether oxygens (including phenoxy) is 1. The molecule has 0 radical (unpaired) electrons. The number of unbranched alkanes of at least 4 members (excludes halogenated alkanes) is 4. The number of hydrogen-bond acceptors (Lipinski definition) is 2. The molecule has 110 valence electrons. The average Bonchev–Trinajstić information content (AvgIpc) is 2.41. The van der Waals surface area contributed by atoms with Gasteiger partial charge in [-0.25, -0.2) is 0 Å². The van der Waals surface area contributed by atoms with Crippen LogP contribution >= 0.6 is 0 Å². The summed E-state index contributed by atoms with van der Waals surface area (Å²) < 4.78 is 5.14. The highest BCUT2D eigenvalue weighted by atomic mass is 16.5. The van der Waals surface area contributed by atoms with Crippen molar-refractivity contribution in [1.82, 2.24) is 0 Å². The monoisotopic (exact) mass is 266 g/mol. The van der Waals surface area contributed by atoms with Gasteiger partial charge >= 0.3 is 5.97 Å². The second-order valence-electron chi connectivity index (χ2n) is 4.75. The van der Waals surface area contributed by atoms with Crippen molar-refractivity contribution in [3.63, 3.8) is 0 Å². The molecule has 0 aliphatic rings. The zero-order chi connectivity index (χ0) is 14.2. The molecule has 0 saturated carbocycles. The van der Waals surface area contributed by atoms with Crippen LogP contribution in [0.5, 0.6) is 0 Å². The minimum Gasteiger partial charge on any atom is -0.465 e. The third kappa shape index (κ3) is 14.9. The average molecular weight is 266 g/mol. The summed E-state index contributed by atoms with van der Waals surface area (Å²) in [6.07, 6.45) is 17.9. The molecule has 0 unspecified atom stereocenters. The van der Waals surface area contributed by atoms with Gasteiger partial charge in [-0.15, -0.1) is 0 Å². The van der Waals surface area contributed by atoms with E-state index in [0.29, 0.717) is 13.0 Å². The molecule has 2 nitrogen and oxygen atoms in total. The fraction of sp³-hybridized carbons (Fsp3) is 0.706. The van der Waals surface area contributed by atoms with E-state index in [1.54, 1.807) is 0 Å². The van der Waals surface area contributed by atoms with E-state index in [4.69, 9.17) is 4.74 Å². The highest BCUT2D eigenvalue weighted by Crippen LogP contribution is 2.04. The van der Waals surface area contributed by atoms with Crippen molar-refractivity contribution in [2.75, 3.05) is 6.61 Å². The first-order valence-corrected chi connectivity index (χ1v) is 7.76. The molecule has 0 aromatic carbocycles. The van der Waals surface area contributed by atoms with Gasteiger partial charge in [0.15, 0.2) is 0 Å². The molecule has 0 fully saturated rings. The van der Waals surface area contributed by atoms with Crippen molar-refractivity contribution >= 4 is 5.97 Å². The molecule has 0 amide bonds. The molecule has 0 atom stereocenters. The van der Waals surface area contributed by atoms with Crippen LogP contribution in [-0.2, 0) is 9.53 Å². The maximum absolute atomic E-state index is 11.4. The van der Waals surface area contributed by atoms with Gasteiger partial charge in [0, 0.05) is 6.42 Å². The van der Waals surface area contributed by atoms with E-state index in [0.717, 1.165) is 32.1 Å². The second kappa shape index (κ2) is 15.0. The summed E-state index contributed by atoms with van der Waals surface area (Å²) in [5.41, 5.74) is 0. The van der Waals surface area contributed by atoms with Gasteiger partial charge < -0.3 is 4.74 Å². The maximum Gasteiger partial charge on any atom is 0.305 e. The van der Waals surface area contributed by atoms with Gasteiger partial charge in [-0.1, -0.05) is 51.0 Å². The van der Waals surface area contributed by atoms with Crippen LogP contribution in [0, 0.1) is 0 Å². The lowest BCUT2D eigenvalue weighted by Gasteiger charge is -2.02. The normalized spacial score (nSPS) is 11.5. The van der Waals surface area contributed by atoms with Gasteiger partial charge in [-0.2, -0.15) is 0 Å². The first-order chi connectivity index (χ1) is 9.31. The zero-order valence-corrected chi connectivity index (χ0v) is 12.7. The van der Waals surface area contributed by atoms with Gasteiger partial charge in [0.05, 0.1) is 6.61 Å². The standard InChI is InChI=1S/C17H30O2/c1-3-5-7-9-10-11-12-13-15-17(18)19-16-14-8-6-4-2/h6,8-10H,3-5,7,11-16H2,1-2H3/b8-6+,10-9+. The topological polar surface area (TPSA) is 26.3 Å². The van der Waals surface area contributed by atoms with E-state index in [-0.39, 0.29) is 5.97 Å². The van der Waals surface area contributed by atoms with Crippen LogP contribution < -0.4 is 0 Å². The minimum absolute atomic E-state index is 0.0557. The Morgan fingerprint density at radius 2 is 1.58 bits per heavy atom. The number of carbonyl (C=O) groups excluding carboxylic acids is 1. The van der Waals surface area contributed by atoms with Gasteiger partial charge in [0.2, 0.25) is 0 Å². The Bertz CT molecular complexity index is 254. The summed E-state index contributed by atoms with van der Waals surface area (Å²) in [4.78, 5) is 11.4. The lowest BCUT2D eigenvalue weighted by Crippen LogP contribution is -2.04. The predicted octanol–water partition coefficient (Wildman–Crippen LogP) is 5.19. The molecule has 0 heterocycles. The van der Waals surface area contributed by atoms with Crippen molar-refractivity contribution in [3.8, 4) is 0 Å². The van der Waals surface area contributed by atoms with Crippen molar-refractivity contribution < 1.29 is 9.53 Å². The Labute approximate surface area is 118 Å². The van der Waals surface area contributed by atoms with E-state index < -0.39 is 0 Å². The Morgan fingerprint density at radius 3 is 2.26 bits per heavy atom. The molecule has 0 spiro atoms. The molecule has 19 heavy (non-hydrogen) atoms. The Hall–Kier alpha value is -1.05. The Morgan fingerprint density at radius 1 is 0.895 bits per heavy atom. The summed E-state index contributed by atoms with van der Waals surface area (Å²) in [5, 5.41) is 0. The molecule has 0 saturated heterocycles. The van der Waals surface area contributed by atoms with Gasteiger partial charge in [0.1, 0.15) is 0 Å². The van der Waals surface area contributed by atoms with E-state index in [2.05, 4.69) is 38.2 Å². The van der Waals surface area contributed by atoms with Gasteiger partial charge in [-0.05, 0) is 38.5 Å². The molecular weight excluding hydrogens is 236 g/mol. The highest BCUT2D eigenvalue weighted by Gasteiger charge is 2.00. The van der Waals surface area contributed by atoms with E-state index >= 15 is 0 Å². The summed E-state index contributed by atoms with van der Waals surface area (Å²) >= 11 is 0. The van der Waals surface area contributed by atoms with Crippen molar-refractivity contribution in [3.05, 3.63) is 24.3 Å². The molecule has 0 aliphatic carbocycles. The third-order valence-corrected chi connectivity index (χ3v) is 2.84. The number of hydrogen-bond donors (Lipinski definition) is 0. The van der Waals surface area contributed by atoms with Crippen LogP contribution in [0.25, 0.3) is 0 Å². The van der Waals surface area contributed by atoms with E-state index in [9.17, 15) is 4.79 Å². The highest BCUT2D eigenvalue weighted by molar-refractivity contribution is 5.69. The molecule has 0 bridgehead atoms. The predicted molar refractivity (Wildman–Crippen MR) is 82.1 cm³/mol. The maximum atomic E-state index is 11.4. The molecular formula is C17H30O2. The summed E-state index contributed by atoms with van der Waals surface area (Å²) in [6.45, 7) is 4.82. The second-order valence-corrected chi connectivity index (χ2v) is 4.75. The van der Waals surface area contributed by atoms with E-state index in [1.165, 1.54) is 19.3 Å². The SMILES string of the molecule is CC/C=C/CCOC(=O)CCCC/C=C/CCCC. The first-order valence-electron chi connectivity index (χ1n) is 7.76. The third-order valence-electron chi connectivity index (χ3n) is 2.84. The van der Waals surface area contributed by atoms with Gasteiger partial charge in [-0.3, -0.25) is 4.79 Å². The van der Waals surface area contributed by atoms with Crippen LogP contribution in [0.1, 0.15) is 71.6 Å². The van der Waals surface area contributed by atoms with Crippen LogP contribution in [0.2, 0.25) is 0 Å². The quantitative estimate of drug-likeness (QED) is 0.276. The zero-order valence-electron chi connectivity index (χ0n) is 12.7. The molecule has 0 aromatic rings. The fourth-order valence-corrected chi connectivity index (χ4v) is 1.69. The number of rotatable bonds is 12. The molecule has 0 aromatic heterocycles. The molecule has 0 aliphatic heterocycles. The van der Waals surface area contributed by atoms with Crippen LogP contribution in [0.4, 0.5) is 0 Å². The lowest BCUT2D eigenvalue weighted by molar-refractivity contribution is -0.143. The van der Waals surface area contributed by atoms with Crippen LogP contribution in [0.15, 0.2) is 24.3 Å². The number of carbonyl (C=O) groups is 1. The van der Waals surface area contributed by atoms with Crippen molar-refractivity contribution in [2.45, 2.75) is 71.6 Å². The molecule has 0 rings (SSSR count). The largest absolute Gasteiger partial charge is 0.465 e. The lowest BCUT2D eigenvalue weighted by atomic mass is 10.1. The van der Waals surface area contributed by atoms with E-state index in [1.807, 2.05) is 0 Å². The molecule has 0 N–H and O–H groups in total. The smallest absolute Gasteiger partial charge is 0.305 e. The van der Waals surface area contributed by atoms with Crippen molar-refractivity contribution in [1.29, 1.82) is 0 Å². The molecule has 2 heteroatoms. The summed E-state index contributed by atoms with van der Waals surface area (Å²) in [5.74, 6) is -0.0557. The summed E-state index contributed by atoms with van der Waals surface area (Å²) in [7, 11) is 0. The van der Waals surface area contributed by atoms with Crippen molar-refractivity contribution in [2.24, 2.45) is 0 Å². The van der Waals surface area contributed by atoms with Crippen LogP contribution in [0.3, 0.4) is 0 Å². The number of allylic oxidation sites excluding steroid dienone is 3.